The molecule has 2 aliphatic rings. The highest BCUT2D eigenvalue weighted by Gasteiger charge is 2.46. The first kappa shape index (κ1) is 12.6. The molecule has 2 heterocycles. The second kappa shape index (κ2) is 4.91. The van der Waals surface area contributed by atoms with E-state index in [1.807, 2.05) is 11.3 Å². The van der Waals surface area contributed by atoms with E-state index in [0.29, 0.717) is 11.3 Å². The molecular weight excluding hydrogens is 244 g/mol. The van der Waals surface area contributed by atoms with Crippen molar-refractivity contribution in [1.82, 2.24) is 10.3 Å². The van der Waals surface area contributed by atoms with E-state index in [1.165, 1.54) is 23.5 Å². The van der Waals surface area contributed by atoms with E-state index in [1.54, 1.807) is 4.88 Å². The van der Waals surface area contributed by atoms with Crippen molar-refractivity contribution < 1.29 is 4.74 Å². The number of likely N-dealkylation sites (N-methyl/N-ethyl adjacent to an activating group) is 1. The van der Waals surface area contributed by atoms with Crippen LogP contribution < -0.4 is 5.32 Å². The fourth-order valence-corrected chi connectivity index (χ4v) is 4.48. The standard InChI is InChI=1S/C14H22N2OS/c1-10-12(14(5-6-14)9-15-2)18-13(16-10)11-3-7-17-8-4-11/h11,15H,3-9H2,1-2H3. The average Bonchev–Trinajstić information content (AvgIpc) is 3.06. The summed E-state index contributed by atoms with van der Waals surface area (Å²) in [7, 11) is 2.05. The molecule has 0 atom stereocenters. The summed E-state index contributed by atoms with van der Waals surface area (Å²) in [4.78, 5) is 6.40. The quantitative estimate of drug-likeness (QED) is 0.909. The molecule has 0 bridgehead atoms. The Hall–Kier alpha value is -0.450. The Morgan fingerprint density at radius 2 is 2.11 bits per heavy atom. The lowest BCUT2D eigenvalue weighted by molar-refractivity contribution is 0.0852. The molecule has 1 aromatic rings. The van der Waals surface area contributed by atoms with E-state index in [2.05, 4.69) is 19.3 Å². The van der Waals surface area contributed by atoms with Crippen molar-refractivity contribution in [3.05, 3.63) is 15.6 Å². The van der Waals surface area contributed by atoms with Crippen molar-refractivity contribution in [2.24, 2.45) is 0 Å². The first-order valence-electron chi connectivity index (χ1n) is 6.95. The van der Waals surface area contributed by atoms with Crippen molar-refractivity contribution in [2.45, 2.75) is 43.9 Å². The number of aromatic nitrogens is 1. The van der Waals surface area contributed by atoms with Gasteiger partial charge >= 0.3 is 0 Å². The molecular formula is C14H22N2OS. The molecule has 1 saturated carbocycles. The third kappa shape index (κ3) is 2.22. The van der Waals surface area contributed by atoms with Gasteiger partial charge in [0.25, 0.3) is 0 Å². The Kier molecular flexibility index (Phi) is 3.43. The van der Waals surface area contributed by atoms with Gasteiger partial charge in [0.15, 0.2) is 0 Å². The number of thiazole rings is 1. The molecule has 0 unspecified atom stereocenters. The molecule has 0 radical (unpaired) electrons. The molecule has 3 rings (SSSR count). The summed E-state index contributed by atoms with van der Waals surface area (Å²) < 4.78 is 5.44. The highest BCUT2D eigenvalue weighted by atomic mass is 32.1. The summed E-state index contributed by atoms with van der Waals surface area (Å²) in [5.41, 5.74) is 1.69. The minimum absolute atomic E-state index is 0.417. The lowest BCUT2D eigenvalue weighted by Crippen LogP contribution is -2.23. The monoisotopic (exact) mass is 266 g/mol. The molecule has 1 aliphatic carbocycles. The zero-order valence-electron chi connectivity index (χ0n) is 11.3. The molecule has 1 N–H and O–H groups in total. The predicted molar refractivity (Wildman–Crippen MR) is 74.5 cm³/mol. The van der Waals surface area contributed by atoms with Gasteiger partial charge in [0.1, 0.15) is 0 Å². The van der Waals surface area contributed by atoms with Crippen molar-refractivity contribution in [1.29, 1.82) is 0 Å². The van der Waals surface area contributed by atoms with E-state index in [4.69, 9.17) is 9.72 Å². The van der Waals surface area contributed by atoms with Crippen LogP contribution in [0.15, 0.2) is 0 Å². The van der Waals surface area contributed by atoms with Gasteiger partial charge in [-0.1, -0.05) is 0 Å². The maximum Gasteiger partial charge on any atom is 0.0963 e. The Labute approximate surface area is 113 Å². The lowest BCUT2D eigenvalue weighted by Gasteiger charge is -2.19. The molecule has 1 aliphatic heterocycles. The fraction of sp³-hybridized carbons (Fsp3) is 0.786. The molecule has 2 fully saturated rings. The maximum atomic E-state index is 5.44. The first-order valence-corrected chi connectivity index (χ1v) is 7.77. The van der Waals surface area contributed by atoms with Gasteiger partial charge in [-0.05, 0) is 39.7 Å². The molecule has 100 valence electrons. The smallest absolute Gasteiger partial charge is 0.0963 e. The number of ether oxygens (including phenoxy) is 1. The number of nitrogens with one attached hydrogen (secondary N) is 1. The second-order valence-electron chi connectivity index (χ2n) is 5.66. The summed E-state index contributed by atoms with van der Waals surface area (Å²) in [6.07, 6.45) is 4.94. The Bertz CT molecular complexity index is 419. The summed E-state index contributed by atoms with van der Waals surface area (Å²) in [5.74, 6) is 0.640. The fourth-order valence-electron chi connectivity index (χ4n) is 3.00. The summed E-state index contributed by atoms with van der Waals surface area (Å²) in [6, 6.07) is 0. The zero-order chi connectivity index (χ0) is 12.6. The summed E-state index contributed by atoms with van der Waals surface area (Å²) >= 11 is 1.97. The molecule has 18 heavy (non-hydrogen) atoms. The molecule has 0 spiro atoms. The third-order valence-corrected chi connectivity index (χ3v) is 5.80. The third-order valence-electron chi connectivity index (χ3n) is 4.23. The highest BCUT2D eigenvalue weighted by molar-refractivity contribution is 7.12. The van der Waals surface area contributed by atoms with Crippen LogP contribution in [0.4, 0.5) is 0 Å². The Morgan fingerprint density at radius 1 is 1.39 bits per heavy atom. The van der Waals surface area contributed by atoms with Crippen LogP contribution in [-0.4, -0.2) is 31.8 Å². The Morgan fingerprint density at radius 3 is 2.72 bits per heavy atom. The van der Waals surface area contributed by atoms with Crippen LogP contribution >= 0.6 is 11.3 Å². The average molecular weight is 266 g/mol. The largest absolute Gasteiger partial charge is 0.381 e. The highest BCUT2D eigenvalue weighted by Crippen LogP contribution is 2.51. The minimum atomic E-state index is 0.417. The van der Waals surface area contributed by atoms with Crippen molar-refractivity contribution in [3.8, 4) is 0 Å². The summed E-state index contributed by atoms with van der Waals surface area (Å²) in [6.45, 7) is 5.09. The number of aryl methyl sites for hydroxylation is 1. The zero-order valence-corrected chi connectivity index (χ0v) is 12.1. The lowest BCUT2D eigenvalue weighted by atomic mass is 10.0. The van der Waals surface area contributed by atoms with Crippen LogP contribution in [0, 0.1) is 6.92 Å². The van der Waals surface area contributed by atoms with Gasteiger partial charge < -0.3 is 10.1 Å². The predicted octanol–water partition coefficient (Wildman–Crippen LogP) is 2.60. The van der Waals surface area contributed by atoms with E-state index in [9.17, 15) is 0 Å². The van der Waals surface area contributed by atoms with Crippen molar-refractivity contribution in [2.75, 3.05) is 26.8 Å². The van der Waals surface area contributed by atoms with Crippen LogP contribution in [0.2, 0.25) is 0 Å². The molecule has 1 aromatic heterocycles. The van der Waals surface area contributed by atoms with Gasteiger partial charge in [0.2, 0.25) is 0 Å². The SMILES string of the molecule is CNCC1(c2sc(C3CCOCC3)nc2C)CC1. The van der Waals surface area contributed by atoms with Crippen LogP contribution in [0.5, 0.6) is 0 Å². The molecule has 1 saturated heterocycles. The van der Waals surface area contributed by atoms with E-state index in [0.717, 1.165) is 32.6 Å². The normalized spacial score (nSPS) is 23.2. The summed E-state index contributed by atoms with van der Waals surface area (Å²) in [5, 5.41) is 4.70. The van der Waals surface area contributed by atoms with Gasteiger partial charge in [-0.15, -0.1) is 11.3 Å². The number of rotatable bonds is 4. The van der Waals surface area contributed by atoms with Crippen molar-refractivity contribution in [3.63, 3.8) is 0 Å². The molecule has 0 amide bonds. The maximum absolute atomic E-state index is 5.44. The van der Waals surface area contributed by atoms with Crippen LogP contribution in [0.1, 0.15) is 47.2 Å². The van der Waals surface area contributed by atoms with Crippen LogP contribution in [0.25, 0.3) is 0 Å². The topological polar surface area (TPSA) is 34.1 Å². The van der Waals surface area contributed by atoms with Gasteiger partial charge in [-0.3, -0.25) is 0 Å². The van der Waals surface area contributed by atoms with E-state index >= 15 is 0 Å². The number of hydrogen-bond acceptors (Lipinski definition) is 4. The van der Waals surface area contributed by atoms with Gasteiger partial charge in [-0.25, -0.2) is 4.98 Å². The van der Waals surface area contributed by atoms with E-state index in [-0.39, 0.29) is 0 Å². The molecule has 4 heteroatoms. The van der Waals surface area contributed by atoms with Crippen LogP contribution in [0.3, 0.4) is 0 Å². The van der Waals surface area contributed by atoms with E-state index < -0.39 is 0 Å². The van der Waals surface area contributed by atoms with Crippen LogP contribution in [-0.2, 0) is 10.2 Å². The number of nitrogens with zero attached hydrogens (tertiary/aromatic N) is 1. The second-order valence-corrected chi connectivity index (χ2v) is 6.69. The molecule has 0 aromatic carbocycles. The molecule has 3 nitrogen and oxygen atoms in total. The Balaban J connectivity index is 1.82. The minimum Gasteiger partial charge on any atom is -0.381 e. The van der Waals surface area contributed by atoms with Gasteiger partial charge in [-0.2, -0.15) is 0 Å². The number of hydrogen-bond donors (Lipinski definition) is 1. The van der Waals surface area contributed by atoms with Gasteiger partial charge in [0, 0.05) is 36.0 Å². The van der Waals surface area contributed by atoms with Gasteiger partial charge in [0.05, 0.1) is 10.7 Å². The first-order chi connectivity index (χ1) is 8.75. The van der Waals surface area contributed by atoms with Crippen molar-refractivity contribution >= 4 is 11.3 Å².